The Labute approximate surface area is 110 Å². The van der Waals surface area contributed by atoms with E-state index in [2.05, 4.69) is 15.5 Å². The third-order valence-corrected chi connectivity index (χ3v) is 2.53. The van der Waals surface area contributed by atoms with Crippen LogP contribution < -0.4 is 0 Å². The summed E-state index contributed by atoms with van der Waals surface area (Å²) < 4.78 is 1.11. The molecule has 2 rings (SSSR count). The monoisotopic (exact) mass is 283 g/mol. The van der Waals surface area contributed by atoms with Gasteiger partial charge in [0, 0.05) is 6.07 Å². The Kier molecular flexibility index (Phi) is 3.38. The van der Waals surface area contributed by atoms with Crippen molar-refractivity contribution in [2.45, 2.75) is 6.42 Å². The highest BCUT2D eigenvalue weighted by Gasteiger charge is 2.17. The van der Waals surface area contributed by atoms with Crippen LogP contribution in [0, 0.1) is 10.1 Å². The highest BCUT2D eigenvalue weighted by atomic mass is 35.5. The molecule has 0 fully saturated rings. The number of aromatic nitrogens is 4. The molecular formula is C9H6ClN5O4. The first-order chi connectivity index (χ1) is 8.99. The van der Waals surface area contributed by atoms with Crippen molar-refractivity contribution >= 4 is 23.3 Å². The SMILES string of the molecule is O=C(O)Cc1nnnn1-c1ccc(Cl)c([N+](=O)[O-])c1. The number of benzene rings is 1. The molecule has 0 amide bonds. The average molecular weight is 284 g/mol. The lowest BCUT2D eigenvalue weighted by atomic mass is 10.2. The lowest BCUT2D eigenvalue weighted by Gasteiger charge is -2.03. The highest BCUT2D eigenvalue weighted by molar-refractivity contribution is 6.32. The van der Waals surface area contributed by atoms with Gasteiger partial charge in [-0.25, -0.2) is 0 Å². The predicted molar refractivity (Wildman–Crippen MR) is 62.2 cm³/mol. The molecule has 0 aliphatic rings. The molecule has 0 atom stereocenters. The van der Waals surface area contributed by atoms with Crippen molar-refractivity contribution < 1.29 is 14.8 Å². The van der Waals surface area contributed by atoms with Crippen LogP contribution in [0.3, 0.4) is 0 Å². The Morgan fingerprint density at radius 1 is 1.53 bits per heavy atom. The number of nitrogens with zero attached hydrogens (tertiary/aromatic N) is 5. The third-order valence-electron chi connectivity index (χ3n) is 2.21. The Hall–Kier alpha value is -2.55. The molecule has 0 bridgehead atoms. The molecule has 19 heavy (non-hydrogen) atoms. The zero-order chi connectivity index (χ0) is 14.0. The van der Waals surface area contributed by atoms with Crippen molar-refractivity contribution in [1.82, 2.24) is 20.2 Å². The van der Waals surface area contributed by atoms with Gasteiger partial charge in [-0.1, -0.05) is 11.6 Å². The molecule has 1 aromatic carbocycles. The molecule has 0 radical (unpaired) electrons. The number of rotatable bonds is 4. The van der Waals surface area contributed by atoms with Gasteiger partial charge < -0.3 is 5.11 Å². The molecule has 1 heterocycles. The first-order valence-corrected chi connectivity index (χ1v) is 5.30. The first kappa shape index (κ1) is 12.9. The number of tetrazole rings is 1. The van der Waals surface area contributed by atoms with Crippen molar-refractivity contribution in [3.05, 3.63) is 39.2 Å². The van der Waals surface area contributed by atoms with Gasteiger partial charge in [0.05, 0.1) is 10.6 Å². The third kappa shape index (κ3) is 2.65. The van der Waals surface area contributed by atoms with E-state index in [1.807, 2.05) is 0 Å². The van der Waals surface area contributed by atoms with Crippen molar-refractivity contribution in [3.8, 4) is 5.69 Å². The standard InChI is InChI=1S/C9H6ClN5O4/c10-6-2-1-5(3-7(6)15(18)19)14-8(4-9(16)17)11-12-13-14/h1-3H,4H2,(H,16,17). The van der Waals surface area contributed by atoms with Gasteiger partial charge in [-0.3, -0.25) is 14.9 Å². The molecule has 0 spiro atoms. The molecule has 1 aromatic heterocycles. The van der Waals surface area contributed by atoms with Crippen molar-refractivity contribution in [2.75, 3.05) is 0 Å². The second-order valence-corrected chi connectivity index (χ2v) is 3.88. The largest absolute Gasteiger partial charge is 0.481 e. The van der Waals surface area contributed by atoms with Gasteiger partial charge in [0.25, 0.3) is 5.69 Å². The fraction of sp³-hybridized carbons (Fsp3) is 0.111. The summed E-state index contributed by atoms with van der Waals surface area (Å²) in [5, 5.41) is 29.9. The Morgan fingerprint density at radius 2 is 2.26 bits per heavy atom. The van der Waals surface area contributed by atoms with E-state index < -0.39 is 17.3 Å². The van der Waals surface area contributed by atoms with Gasteiger partial charge in [-0.05, 0) is 22.6 Å². The lowest BCUT2D eigenvalue weighted by molar-refractivity contribution is -0.384. The molecule has 0 saturated carbocycles. The molecular weight excluding hydrogens is 278 g/mol. The number of hydrogen-bond donors (Lipinski definition) is 1. The second-order valence-electron chi connectivity index (χ2n) is 3.47. The van der Waals surface area contributed by atoms with Crippen LogP contribution in [0.15, 0.2) is 18.2 Å². The number of nitro benzene ring substituents is 1. The summed E-state index contributed by atoms with van der Waals surface area (Å²) in [6, 6.07) is 3.95. The summed E-state index contributed by atoms with van der Waals surface area (Å²) in [6.07, 6.45) is -0.399. The number of hydrogen-bond acceptors (Lipinski definition) is 6. The highest BCUT2D eigenvalue weighted by Crippen LogP contribution is 2.26. The minimum Gasteiger partial charge on any atom is -0.481 e. The second kappa shape index (κ2) is 4.98. The summed E-state index contributed by atoms with van der Waals surface area (Å²) in [6.45, 7) is 0. The number of carboxylic acid groups (broad SMARTS) is 1. The van der Waals surface area contributed by atoms with Gasteiger partial charge in [0.2, 0.25) is 0 Å². The van der Waals surface area contributed by atoms with Gasteiger partial charge in [0.15, 0.2) is 5.82 Å². The minimum absolute atomic E-state index is 0.0263. The Morgan fingerprint density at radius 3 is 2.89 bits per heavy atom. The number of carbonyl (C=O) groups is 1. The number of aliphatic carboxylic acids is 1. The molecule has 0 aliphatic heterocycles. The van der Waals surface area contributed by atoms with E-state index in [0.717, 1.165) is 4.68 Å². The fourth-order valence-corrected chi connectivity index (χ4v) is 1.61. The molecule has 9 nitrogen and oxygen atoms in total. The maximum Gasteiger partial charge on any atom is 0.311 e. The van der Waals surface area contributed by atoms with E-state index in [-0.39, 0.29) is 22.2 Å². The van der Waals surface area contributed by atoms with Crippen LogP contribution in [0.5, 0.6) is 0 Å². The first-order valence-electron chi connectivity index (χ1n) is 4.92. The minimum atomic E-state index is -1.11. The number of halogens is 1. The Bertz CT molecular complexity index is 656. The topological polar surface area (TPSA) is 124 Å². The van der Waals surface area contributed by atoms with E-state index in [1.54, 1.807) is 0 Å². The van der Waals surface area contributed by atoms with Crippen LogP contribution >= 0.6 is 11.6 Å². The van der Waals surface area contributed by atoms with Crippen LogP contribution in [0.2, 0.25) is 5.02 Å². The van der Waals surface area contributed by atoms with E-state index in [4.69, 9.17) is 16.7 Å². The average Bonchev–Trinajstić information content (AvgIpc) is 2.76. The van der Waals surface area contributed by atoms with E-state index in [0.29, 0.717) is 0 Å². The molecule has 10 heteroatoms. The summed E-state index contributed by atoms with van der Waals surface area (Å²) >= 11 is 5.68. The molecule has 0 unspecified atom stereocenters. The van der Waals surface area contributed by atoms with Gasteiger partial charge in [0.1, 0.15) is 11.4 Å². The quantitative estimate of drug-likeness (QED) is 0.651. The van der Waals surface area contributed by atoms with Crippen LogP contribution in [0.25, 0.3) is 5.69 Å². The zero-order valence-corrected chi connectivity index (χ0v) is 9.98. The summed E-state index contributed by atoms with van der Waals surface area (Å²) in [5.74, 6) is -1.05. The van der Waals surface area contributed by atoms with E-state index in [9.17, 15) is 14.9 Å². The molecule has 0 saturated heterocycles. The normalized spacial score (nSPS) is 10.4. The van der Waals surface area contributed by atoms with Gasteiger partial charge in [-0.2, -0.15) is 4.68 Å². The van der Waals surface area contributed by atoms with Crippen molar-refractivity contribution in [1.29, 1.82) is 0 Å². The van der Waals surface area contributed by atoms with Crippen LogP contribution in [-0.4, -0.2) is 36.2 Å². The van der Waals surface area contributed by atoms with E-state index in [1.165, 1.54) is 18.2 Å². The predicted octanol–water partition coefficient (Wildman–Crippen LogP) is 0.851. The number of carboxylic acids is 1. The van der Waals surface area contributed by atoms with Crippen molar-refractivity contribution in [2.24, 2.45) is 0 Å². The fourth-order valence-electron chi connectivity index (χ4n) is 1.42. The lowest BCUT2D eigenvalue weighted by Crippen LogP contribution is -2.09. The maximum absolute atomic E-state index is 10.8. The maximum atomic E-state index is 10.8. The van der Waals surface area contributed by atoms with Gasteiger partial charge >= 0.3 is 5.97 Å². The van der Waals surface area contributed by atoms with Crippen LogP contribution in [0.4, 0.5) is 5.69 Å². The molecule has 0 aliphatic carbocycles. The van der Waals surface area contributed by atoms with Gasteiger partial charge in [-0.15, -0.1) is 5.10 Å². The van der Waals surface area contributed by atoms with Crippen LogP contribution in [0.1, 0.15) is 5.82 Å². The summed E-state index contributed by atoms with van der Waals surface area (Å²) in [5.41, 5.74) is -0.0479. The van der Waals surface area contributed by atoms with Crippen LogP contribution in [-0.2, 0) is 11.2 Å². The number of nitro groups is 1. The Balaban J connectivity index is 2.48. The summed E-state index contributed by atoms with van der Waals surface area (Å²) in [4.78, 5) is 20.8. The smallest absolute Gasteiger partial charge is 0.311 e. The zero-order valence-electron chi connectivity index (χ0n) is 9.23. The molecule has 1 N–H and O–H groups in total. The molecule has 98 valence electrons. The van der Waals surface area contributed by atoms with E-state index >= 15 is 0 Å². The summed E-state index contributed by atoms with van der Waals surface area (Å²) in [7, 11) is 0. The van der Waals surface area contributed by atoms with Crippen molar-refractivity contribution in [3.63, 3.8) is 0 Å². The molecule has 2 aromatic rings.